The maximum atomic E-state index is 14.5. The Bertz CT molecular complexity index is 1010. The Balaban J connectivity index is 1.47. The van der Waals surface area contributed by atoms with Crippen molar-refractivity contribution in [2.24, 2.45) is 5.92 Å². The second-order valence-corrected chi connectivity index (χ2v) is 8.25. The number of anilines is 1. The molecule has 0 aliphatic carbocycles. The van der Waals surface area contributed by atoms with E-state index >= 15 is 0 Å². The molecule has 1 aliphatic rings. The van der Waals surface area contributed by atoms with Crippen LogP contribution in [0.5, 0.6) is 0 Å². The lowest BCUT2D eigenvalue weighted by Crippen LogP contribution is -2.12. The van der Waals surface area contributed by atoms with Crippen LogP contribution < -0.4 is 10.6 Å². The van der Waals surface area contributed by atoms with Crippen LogP contribution in [0, 0.1) is 25.6 Å². The monoisotopic (exact) mass is 399 g/mol. The molecule has 1 aliphatic heterocycles. The van der Waals surface area contributed by atoms with Crippen molar-refractivity contribution >= 4 is 22.9 Å². The quantitative estimate of drug-likeness (QED) is 0.689. The molecule has 3 heterocycles. The Morgan fingerprint density at radius 3 is 2.96 bits per heavy atom. The molecular formula is C20H22FN5OS. The minimum Gasteiger partial charge on any atom is -0.321 e. The molecule has 4 rings (SSSR count). The highest BCUT2D eigenvalue weighted by Gasteiger charge is 2.20. The van der Waals surface area contributed by atoms with E-state index in [9.17, 15) is 9.18 Å². The van der Waals surface area contributed by atoms with Gasteiger partial charge in [0.2, 0.25) is 0 Å². The highest BCUT2D eigenvalue weighted by molar-refractivity contribution is 7.13. The summed E-state index contributed by atoms with van der Waals surface area (Å²) in [6, 6.07) is 4.59. The average Bonchev–Trinajstić information content (AvgIpc) is 3.38. The fraction of sp³-hybridized carbons (Fsp3) is 0.350. The van der Waals surface area contributed by atoms with Crippen LogP contribution in [0.25, 0.3) is 5.69 Å². The van der Waals surface area contributed by atoms with Gasteiger partial charge >= 0.3 is 0 Å². The fourth-order valence-corrected chi connectivity index (χ4v) is 4.46. The second kappa shape index (κ2) is 7.81. The predicted molar refractivity (Wildman–Crippen MR) is 108 cm³/mol. The fourth-order valence-electron chi connectivity index (χ4n) is 3.39. The summed E-state index contributed by atoms with van der Waals surface area (Å²) < 4.78 is 16.0. The molecule has 1 amide bonds. The van der Waals surface area contributed by atoms with Crippen LogP contribution >= 0.6 is 11.3 Å². The van der Waals surface area contributed by atoms with Crippen molar-refractivity contribution in [2.75, 3.05) is 18.4 Å². The molecule has 2 aromatic heterocycles. The molecule has 0 bridgehead atoms. The first kappa shape index (κ1) is 18.8. The lowest BCUT2D eigenvalue weighted by Gasteiger charge is -2.08. The van der Waals surface area contributed by atoms with E-state index in [2.05, 4.69) is 20.7 Å². The van der Waals surface area contributed by atoms with E-state index < -0.39 is 5.82 Å². The number of hydrogen-bond acceptors (Lipinski definition) is 5. The molecule has 0 radical (unpaired) electrons. The number of aromatic nitrogens is 3. The number of rotatable bonds is 5. The first-order valence-corrected chi connectivity index (χ1v) is 10.1. The number of amides is 1. The standard InChI is InChI=1S/C20H22FN5OS/c1-12-9-23-26(11-12)17-4-3-15(8-16(17)21)25-20(27)19-13(2)24-18(28-19)7-14-5-6-22-10-14/h3-4,8-9,11,14,22H,5-7,10H2,1-2H3,(H,25,27). The van der Waals surface area contributed by atoms with E-state index in [-0.39, 0.29) is 5.91 Å². The van der Waals surface area contributed by atoms with E-state index in [1.807, 2.05) is 13.8 Å². The van der Waals surface area contributed by atoms with Gasteiger partial charge in [0.15, 0.2) is 5.82 Å². The maximum Gasteiger partial charge on any atom is 0.267 e. The van der Waals surface area contributed by atoms with E-state index in [1.165, 1.54) is 22.1 Å². The van der Waals surface area contributed by atoms with Gasteiger partial charge in [-0.1, -0.05) is 0 Å². The van der Waals surface area contributed by atoms with Crippen LogP contribution in [0.4, 0.5) is 10.1 Å². The zero-order valence-electron chi connectivity index (χ0n) is 15.8. The van der Waals surface area contributed by atoms with E-state index in [1.54, 1.807) is 24.5 Å². The third-order valence-electron chi connectivity index (χ3n) is 4.84. The largest absolute Gasteiger partial charge is 0.321 e. The third-order valence-corrected chi connectivity index (χ3v) is 6.02. The van der Waals surface area contributed by atoms with Crippen molar-refractivity contribution in [3.8, 4) is 5.69 Å². The second-order valence-electron chi connectivity index (χ2n) is 7.17. The minimum atomic E-state index is -0.448. The van der Waals surface area contributed by atoms with Crippen LogP contribution in [0.3, 0.4) is 0 Å². The van der Waals surface area contributed by atoms with Gasteiger partial charge in [-0.15, -0.1) is 11.3 Å². The number of thiazole rings is 1. The Hall–Kier alpha value is -2.58. The molecule has 0 saturated carbocycles. The van der Waals surface area contributed by atoms with Gasteiger partial charge in [-0.2, -0.15) is 5.10 Å². The molecule has 3 aromatic rings. The maximum absolute atomic E-state index is 14.5. The molecule has 0 spiro atoms. The molecule has 8 heteroatoms. The smallest absolute Gasteiger partial charge is 0.267 e. The number of hydrogen-bond donors (Lipinski definition) is 2. The summed E-state index contributed by atoms with van der Waals surface area (Å²) in [5.74, 6) is -0.127. The van der Waals surface area contributed by atoms with Crippen molar-refractivity contribution < 1.29 is 9.18 Å². The number of nitrogens with one attached hydrogen (secondary N) is 2. The van der Waals surface area contributed by atoms with Gasteiger partial charge in [-0.25, -0.2) is 14.1 Å². The van der Waals surface area contributed by atoms with Crippen molar-refractivity contribution in [2.45, 2.75) is 26.7 Å². The van der Waals surface area contributed by atoms with Gasteiger partial charge in [-0.3, -0.25) is 4.79 Å². The first-order valence-electron chi connectivity index (χ1n) is 9.29. The molecule has 1 unspecified atom stereocenters. The summed E-state index contributed by atoms with van der Waals surface area (Å²) in [6.07, 6.45) is 5.44. The van der Waals surface area contributed by atoms with Crippen LogP contribution in [0.1, 0.15) is 32.4 Å². The Labute approximate surface area is 166 Å². The Kier molecular flexibility index (Phi) is 5.23. The van der Waals surface area contributed by atoms with Crippen LogP contribution in [-0.4, -0.2) is 33.8 Å². The molecule has 2 N–H and O–H groups in total. The highest BCUT2D eigenvalue weighted by Crippen LogP contribution is 2.25. The van der Waals surface area contributed by atoms with Crippen LogP contribution in [0.2, 0.25) is 0 Å². The molecular weight excluding hydrogens is 377 g/mol. The number of carbonyl (C=O) groups is 1. The number of carbonyl (C=O) groups excluding carboxylic acids is 1. The number of benzene rings is 1. The van der Waals surface area contributed by atoms with Gasteiger partial charge in [0, 0.05) is 18.3 Å². The normalized spacial score (nSPS) is 16.5. The van der Waals surface area contributed by atoms with Crippen molar-refractivity contribution in [3.63, 3.8) is 0 Å². The topological polar surface area (TPSA) is 71.8 Å². The van der Waals surface area contributed by atoms with Crippen molar-refractivity contribution in [1.29, 1.82) is 0 Å². The molecule has 28 heavy (non-hydrogen) atoms. The summed E-state index contributed by atoms with van der Waals surface area (Å²) in [6.45, 7) is 5.78. The minimum absolute atomic E-state index is 0.257. The lowest BCUT2D eigenvalue weighted by atomic mass is 10.1. The summed E-state index contributed by atoms with van der Waals surface area (Å²) in [4.78, 5) is 17.8. The SMILES string of the molecule is Cc1cnn(-c2ccc(NC(=O)c3sc(CC4CCNC4)nc3C)cc2F)c1. The van der Waals surface area contributed by atoms with Crippen molar-refractivity contribution in [1.82, 2.24) is 20.1 Å². The Morgan fingerprint density at radius 2 is 2.29 bits per heavy atom. The number of aryl methyl sites for hydroxylation is 2. The first-order chi connectivity index (χ1) is 13.5. The number of nitrogens with zero attached hydrogens (tertiary/aromatic N) is 3. The van der Waals surface area contributed by atoms with Crippen LogP contribution in [-0.2, 0) is 6.42 Å². The molecule has 1 atom stereocenters. The molecule has 146 valence electrons. The third kappa shape index (κ3) is 3.98. The molecule has 1 fully saturated rings. The zero-order chi connectivity index (χ0) is 19.7. The van der Waals surface area contributed by atoms with E-state index in [4.69, 9.17) is 0 Å². The van der Waals surface area contributed by atoms with Gasteiger partial charge < -0.3 is 10.6 Å². The molecule has 1 aromatic carbocycles. The van der Waals surface area contributed by atoms with Gasteiger partial charge in [-0.05, 0) is 63.0 Å². The summed E-state index contributed by atoms with van der Waals surface area (Å²) in [7, 11) is 0. The lowest BCUT2D eigenvalue weighted by molar-refractivity contribution is 0.103. The predicted octanol–water partition coefficient (Wildman–Crippen LogP) is 3.49. The molecule has 1 saturated heterocycles. The average molecular weight is 399 g/mol. The van der Waals surface area contributed by atoms with Crippen molar-refractivity contribution in [3.05, 3.63) is 57.6 Å². The number of halogens is 1. The zero-order valence-corrected chi connectivity index (χ0v) is 16.6. The molecule has 6 nitrogen and oxygen atoms in total. The van der Waals surface area contributed by atoms with Gasteiger partial charge in [0.05, 0.1) is 16.9 Å². The summed E-state index contributed by atoms with van der Waals surface area (Å²) in [5.41, 5.74) is 2.41. The summed E-state index contributed by atoms with van der Waals surface area (Å²) >= 11 is 1.42. The Morgan fingerprint density at radius 1 is 1.43 bits per heavy atom. The van der Waals surface area contributed by atoms with Crippen LogP contribution in [0.15, 0.2) is 30.6 Å². The summed E-state index contributed by atoms with van der Waals surface area (Å²) in [5, 5.41) is 11.2. The highest BCUT2D eigenvalue weighted by atomic mass is 32.1. The van der Waals surface area contributed by atoms with E-state index in [0.29, 0.717) is 27.9 Å². The van der Waals surface area contributed by atoms with Gasteiger partial charge in [0.1, 0.15) is 10.6 Å². The van der Waals surface area contributed by atoms with Gasteiger partial charge in [0.25, 0.3) is 5.91 Å². The van der Waals surface area contributed by atoms with E-state index in [0.717, 1.165) is 36.5 Å².